The SMILES string of the molecule is FPc1cccc(-c2cc(F)ccc2[O][AlH])n1. The van der Waals surface area contributed by atoms with Crippen molar-refractivity contribution in [3.05, 3.63) is 42.2 Å². The van der Waals surface area contributed by atoms with Crippen LogP contribution in [0.4, 0.5) is 8.59 Å². The zero-order valence-electron chi connectivity index (χ0n) is 8.78. The van der Waals surface area contributed by atoms with Crippen LogP contribution < -0.4 is 9.22 Å². The average molecular weight is 266 g/mol. The van der Waals surface area contributed by atoms with Crippen molar-refractivity contribution in [3.8, 4) is 17.0 Å². The van der Waals surface area contributed by atoms with Crippen LogP contribution in [0.5, 0.6) is 5.75 Å². The summed E-state index contributed by atoms with van der Waals surface area (Å²) < 4.78 is 30.9. The molecule has 1 aromatic carbocycles. The van der Waals surface area contributed by atoms with Gasteiger partial charge in [-0.2, -0.15) is 0 Å². The third-order valence-electron chi connectivity index (χ3n) is 2.22. The Balaban J connectivity index is 2.54. The van der Waals surface area contributed by atoms with Gasteiger partial charge in [0.1, 0.15) is 14.7 Å². The minimum Gasteiger partial charge on any atom is -0.650 e. The van der Waals surface area contributed by atoms with E-state index < -0.39 is 8.89 Å². The predicted octanol–water partition coefficient (Wildman–Crippen LogP) is 2.27. The maximum Gasteiger partial charge on any atom is 0.494 e. The van der Waals surface area contributed by atoms with Gasteiger partial charge in [0.25, 0.3) is 0 Å². The van der Waals surface area contributed by atoms with Gasteiger partial charge in [-0.25, -0.2) is 13.6 Å². The highest BCUT2D eigenvalue weighted by Crippen LogP contribution is 2.29. The molecule has 2 rings (SSSR count). The molecule has 2 aromatic rings. The zero-order chi connectivity index (χ0) is 12.3. The van der Waals surface area contributed by atoms with E-state index in [4.69, 9.17) is 3.79 Å². The van der Waals surface area contributed by atoms with E-state index in [1.165, 1.54) is 34.8 Å². The molecule has 1 atom stereocenters. The minimum atomic E-state index is -0.878. The molecule has 0 N–H and O–H groups in total. The Bertz CT molecular complexity index is 539. The Labute approximate surface area is 108 Å². The highest BCUT2D eigenvalue weighted by Gasteiger charge is 2.08. The summed E-state index contributed by atoms with van der Waals surface area (Å²) in [5, 5.41) is 0. The molecule has 0 fully saturated rings. The number of benzene rings is 1. The van der Waals surface area contributed by atoms with Crippen molar-refractivity contribution < 1.29 is 12.4 Å². The molecule has 0 saturated carbocycles. The van der Waals surface area contributed by atoms with E-state index in [0.717, 1.165) is 0 Å². The second-order valence-electron chi connectivity index (χ2n) is 3.29. The fourth-order valence-corrected chi connectivity index (χ4v) is 2.04. The van der Waals surface area contributed by atoms with Crippen molar-refractivity contribution in [3.63, 3.8) is 0 Å². The van der Waals surface area contributed by atoms with Gasteiger partial charge in [-0.3, -0.25) is 0 Å². The number of aromatic nitrogens is 1. The van der Waals surface area contributed by atoms with Crippen LogP contribution in [0.1, 0.15) is 0 Å². The van der Waals surface area contributed by atoms with Gasteiger partial charge in [0.15, 0.2) is 0 Å². The molecule has 0 aliphatic heterocycles. The number of hydrogen-bond acceptors (Lipinski definition) is 2. The van der Waals surface area contributed by atoms with E-state index in [-0.39, 0.29) is 5.82 Å². The summed E-state index contributed by atoms with van der Waals surface area (Å²) in [4.78, 5) is 4.10. The lowest BCUT2D eigenvalue weighted by Crippen LogP contribution is -2.01. The lowest BCUT2D eigenvalue weighted by molar-refractivity contribution is 0.601. The first-order chi connectivity index (χ1) is 8.24. The van der Waals surface area contributed by atoms with Crippen molar-refractivity contribution in [2.75, 3.05) is 0 Å². The number of halogens is 2. The molecule has 85 valence electrons. The van der Waals surface area contributed by atoms with Gasteiger partial charge in [-0.15, -0.1) is 0 Å². The molecule has 0 aliphatic rings. The first kappa shape index (κ1) is 12.4. The van der Waals surface area contributed by atoms with Gasteiger partial charge < -0.3 is 3.79 Å². The summed E-state index contributed by atoms with van der Waals surface area (Å²) in [5.41, 5.74) is 1.38. The van der Waals surface area contributed by atoms with Gasteiger partial charge >= 0.3 is 16.6 Å². The summed E-state index contributed by atoms with van der Waals surface area (Å²) in [7, 11) is -0.878. The Morgan fingerprint density at radius 2 is 2.06 bits per heavy atom. The van der Waals surface area contributed by atoms with Crippen LogP contribution in [0.25, 0.3) is 11.3 Å². The highest BCUT2D eigenvalue weighted by molar-refractivity contribution is 7.41. The van der Waals surface area contributed by atoms with Gasteiger partial charge in [-0.1, -0.05) is 6.07 Å². The molecule has 17 heavy (non-hydrogen) atoms. The quantitative estimate of drug-likeness (QED) is 0.628. The van der Waals surface area contributed by atoms with E-state index in [9.17, 15) is 8.59 Å². The fourth-order valence-electron chi connectivity index (χ4n) is 1.47. The largest absolute Gasteiger partial charge is 0.650 e. The molecule has 1 radical (unpaired) electrons. The van der Waals surface area contributed by atoms with Crippen molar-refractivity contribution in [1.29, 1.82) is 0 Å². The van der Waals surface area contributed by atoms with Gasteiger partial charge in [0.2, 0.25) is 0 Å². The van der Waals surface area contributed by atoms with Crippen LogP contribution in [0.2, 0.25) is 0 Å². The summed E-state index contributed by atoms with van der Waals surface area (Å²) in [6.07, 6.45) is 0. The molecule has 1 heterocycles. The van der Waals surface area contributed by atoms with Crippen molar-refractivity contribution in [2.24, 2.45) is 0 Å². The summed E-state index contributed by atoms with van der Waals surface area (Å²) in [6, 6.07) is 9.16. The number of nitrogens with zero attached hydrogens (tertiary/aromatic N) is 1. The standard InChI is InChI=1S/C11H8F2NOP.Al.H/c12-7-4-5-10(15)8(6-7)9-2-1-3-11(14-9)16-13;;/h1-6,15-16H;;/q;+1;/p-1. The summed E-state index contributed by atoms with van der Waals surface area (Å²) >= 11 is 1.30. The maximum atomic E-state index is 13.2. The van der Waals surface area contributed by atoms with Crippen molar-refractivity contribution in [2.45, 2.75) is 0 Å². The van der Waals surface area contributed by atoms with E-state index in [1.54, 1.807) is 18.2 Å². The third kappa shape index (κ3) is 2.81. The van der Waals surface area contributed by atoms with E-state index in [0.29, 0.717) is 22.4 Å². The molecule has 2 nitrogen and oxygen atoms in total. The molecular weight excluding hydrogens is 258 g/mol. The third-order valence-corrected chi connectivity index (χ3v) is 3.00. The minimum absolute atomic E-state index is 0.344. The predicted molar refractivity (Wildman–Crippen MR) is 66.5 cm³/mol. The van der Waals surface area contributed by atoms with Crippen LogP contribution in [0.15, 0.2) is 36.4 Å². The molecule has 1 aromatic heterocycles. The summed E-state index contributed by atoms with van der Waals surface area (Å²) in [6.45, 7) is 0. The van der Waals surface area contributed by atoms with E-state index in [2.05, 4.69) is 4.98 Å². The lowest BCUT2D eigenvalue weighted by atomic mass is 10.1. The average Bonchev–Trinajstić information content (AvgIpc) is 2.39. The van der Waals surface area contributed by atoms with Crippen LogP contribution in [-0.2, 0) is 0 Å². The normalized spacial score (nSPS) is 10.9. The monoisotopic (exact) mass is 266 g/mol. The molecule has 0 spiro atoms. The highest BCUT2D eigenvalue weighted by atomic mass is 31.1. The Kier molecular flexibility index (Phi) is 4.07. The molecule has 0 bridgehead atoms. The Morgan fingerprint density at radius 3 is 2.76 bits per heavy atom. The fraction of sp³-hybridized carbons (Fsp3) is 0. The van der Waals surface area contributed by atoms with Gasteiger partial charge in [0, 0.05) is 5.56 Å². The molecule has 1 unspecified atom stereocenters. The van der Waals surface area contributed by atoms with Crippen LogP contribution in [0.3, 0.4) is 0 Å². The van der Waals surface area contributed by atoms with E-state index in [1.807, 2.05) is 0 Å². The Morgan fingerprint density at radius 1 is 1.24 bits per heavy atom. The maximum absolute atomic E-state index is 13.2. The van der Waals surface area contributed by atoms with Gasteiger partial charge in [-0.05, 0) is 30.3 Å². The molecule has 0 amide bonds. The van der Waals surface area contributed by atoms with Crippen molar-refractivity contribution >= 4 is 31.0 Å². The summed E-state index contributed by atoms with van der Waals surface area (Å²) in [5.74, 6) is 0.149. The first-order valence-electron chi connectivity index (χ1n) is 4.80. The molecule has 0 saturated heterocycles. The van der Waals surface area contributed by atoms with Gasteiger partial charge in [0.05, 0.1) is 16.9 Å². The van der Waals surface area contributed by atoms with E-state index >= 15 is 0 Å². The number of pyridine rings is 1. The molecule has 0 aliphatic carbocycles. The van der Waals surface area contributed by atoms with Crippen LogP contribution >= 0.6 is 8.89 Å². The second-order valence-corrected chi connectivity index (χ2v) is 4.28. The smallest absolute Gasteiger partial charge is 0.494 e. The topological polar surface area (TPSA) is 22.1 Å². The zero-order valence-corrected chi connectivity index (χ0v) is 11.2. The first-order valence-corrected chi connectivity index (χ1v) is 6.26. The van der Waals surface area contributed by atoms with Crippen LogP contribution in [-0.4, -0.2) is 21.6 Å². The lowest BCUT2D eigenvalue weighted by Gasteiger charge is -2.10. The number of hydrogen-bond donors (Lipinski definition) is 0. The Hall–Kier alpha value is -1.01. The van der Waals surface area contributed by atoms with Crippen LogP contribution in [0, 0.1) is 5.82 Å². The second kappa shape index (κ2) is 5.55. The molecular formula is C11H8AlF2NOP. The molecule has 6 heteroatoms. The number of rotatable bonds is 3. The van der Waals surface area contributed by atoms with Crippen molar-refractivity contribution in [1.82, 2.24) is 4.98 Å².